The minimum absolute atomic E-state index is 0.192. The zero-order valence-corrected chi connectivity index (χ0v) is 19.6. The number of piperazine rings is 1. The van der Waals surface area contributed by atoms with Crippen molar-refractivity contribution in [3.05, 3.63) is 95.6 Å². The molecule has 1 fully saturated rings. The molecule has 0 radical (unpaired) electrons. The van der Waals surface area contributed by atoms with Gasteiger partial charge in [-0.25, -0.2) is 4.79 Å². The summed E-state index contributed by atoms with van der Waals surface area (Å²) in [5, 5.41) is 12.4. The Kier molecular flexibility index (Phi) is 7.77. The molecule has 0 unspecified atom stereocenters. The Morgan fingerprint density at radius 3 is 2.25 bits per heavy atom. The lowest BCUT2D eigenvalue weighted by atomic mass is 10.1. The van der Waals surface area contributed by atoms with Crippen LogP contribution in [-0.2, 0) is 12.6 Å². The number of halogens is 3. The van der Waals surface area contributed by atoms with Crippen LogP contribution in [0.25, 0.3) is 0 Å². The second-order valence-corrected chi connectivity index (χ2v) is 8.47. The van der Waals surface area contributed by atoms with E-state index in [0.29, 0.717) is 50.1 Å². The molecule has 9 heteroatoms. The molecule has 6 nitrogen and oxygen atoms in total. The maximum absolute atomic E-state index is 13.1. The van der Waals surface area contributed by atoms with Crippen molar-refractivity contribution in [2.24, 2.45) is 4.99 Å². The van der Waals surface area contributed by atoms with Gasteiger partial charge in [-0.15, -0.1) is 0 Å². The maximum atomic E-state index is 13.1. The molecule has 0 bridgehead atoms. The topological polar surface area (TPSA) is 68.2 Å². The SMILES string of the molecule is O=C(O)c1ccc(NC(=NCCc2ccccc2)N2CCN(c3cccc(C(F)(F)F)c3)CC2)cc1. The number of benzene rings is 3. The van der Waals surface area contributed by atoms with E-state index in [-0.39, 0.29) is 5.56 Å². The van der Waals surface area contributed by atoms with Gasteiger partial charge in [0, 0.05) is 44.1 Å². The molecule has 1 heterocycles. The zero-order valence-electron chi connectivity index (χ0n) is 19.6. The fourth-order valence-electron chi connectivity index (χ4n) is 4.03. The number of hydrogen-bond donors (Lipinski definition) is 2. The Balaban J connectivity index is 1.46. The number of guanidine groups is 1. The first-order valence-electron chi connectivity index (χ1n) is 11.7. The second-order valence-electron chi connectivity index (χ2n) is 8.47. The molecule has 1 saturated heterocycles. The van der Waals surface area contributed by atoms with Crippen LogP contribution < -0.4 is 10.2 Å². The third-order valence-corrected chi connectivity index (χ3v) is 6.01. The highest BCUT2D eigenvalue weighted by atomic mass is 19.4. The van der Waals surface area contributed by atoms with E-state index in [4.69, 9.17) is 10.1 Å². The van der Waals surface area contributed by atoms with E-state index >= 15 is 0 Å². The van der Waals surface area contributed by atoms with Crippen molar-refractivity contribution >= 4 is 23.3 Å². The normalized spacial score (nSPS) is 14.6. The fourth-order valence-corrected chi connectivity index (χ4v) is 4.03. The molecule has 4 rings (SSSR count). The van der Waals surface area contributed by atoms with Crippen molar-refractivity contribution in [2.45, 2.75) is 12.6 Å². The molecule has 1 aliphatic rings. The van der Waals surface area contributed by atoms with Crippen LogP contribution in [0.4, 0.5) is 24.5 Å². The second kappa shape index (κ2) is 11.2. The van der Waals surface area contributed by atoms with E-state index in [2.05, 4.69) is 10.2 Å². The van der Waals surface area contributed by atoms with E-state index in [1.807, 2.05) is 35.2 Å². The highest BCUT2D eigenvalue weighted by Crippen LogP contribution is 2.32. The number of carboxylic acids is 1. The lowest BCUT2D eigenvalue weighted by molar-refractivity contribution is -0.137. The monoisotopic (exact) mass is 496 g/mol. The van der Waals surface area contributed by atoms with Crippen LogP contribution in [0.3, 0.4) is 0 Å². The standard InChI is InChI=1S/C27H27F3N4O2/c28-27(29,30)22-7-4-8-24(19-22)33-15-17-34(18-16-33)26(31-14-13-20-5-2-1-3-6-20)32-23-11-9-21(10-12-23)25(35)36/h1-12,19H,13-18H2,(H,31,32)(H,35,36). The fraction of sp³-hybridized carbons (Fsp3) is 0.259. The Hall–Kier alpha value is -4.01. The van der Waals surface area contributed by atoms with Gasteiger partial charge in [-0.05, 0) is 54.4 Å². The number of nitrogens with zero attached hydrogens (tertiary/aromatic N) is 3. The summed E-state index contributed by atoms with van der Waals surface area (Å²) in [5.74, 6) is -0.346. The van der Waals surface area contributed by atoms with Gasteiger partial charge in [0.1, 0.15) is 0 Å². The quantitative estimate of drug-likeness (QED) is 0.361. The summed E-state index contributed by atoms with van der Waals surface area (Å²) < 4.78 is 39.4. The van der Waals surface area contributed by atoms with Gasteiger partial charge in [0.2, 0.25) is 0 Å². The van der Waals surface area contributed by atoms with E-state index in [0.717, 1.165) is 12.5 Å². The van der Waals surface area contributed by atoms with Crippen LogP contribution in [0, 0.1) is 0 Å². The number of aromatic carboxylic acids is 1. The predicted octanol–water partition coefficient (Wildman–Crippen LogP) is 5.24. The Morgan fingerprint density at radius 1 is 0.917 bits per heavy atom. The highest BCUT2D eigenvalue weighted by Gasteiger charge is 2.31. The summed E-state index contributed by atoms with van der Waals surface area (Å²) >= 11 is 0. The highest BCUT2D eigenvalue weighted by molar-refractivity contribution is 5.95. The summed E-state index contributed by atoms with van der Waals surface area (Å²) in [6.45, 7) is 2.77. The molecule has 0 aliphatic carbocycles. The van der Waals surface area contributed by atoms with Gasteiger partial charge in [0.15, 0.2) is 5.96 Å². The lowest BCUT2D eigenvalue weighted by Crippen LogP contribution is -2.50. The van der Waals surface area contributed by atoms with Crippen LogP contribution in [0.1, 0.15) is 21.5 Å². The van der Waals surface area contributed by atoms with Crippen LogP contribution >= 0.6 is 0 Å². The zero-order chi connectivity index (χ0) is 25.5. The number of hydrogen-bond acceptors (Lipinski definition) is 3. The van der Waals surface area contributed by atoms with Gasteiger partial charge >= 0.3 is 12.1 Å². The van der Waals surface area contributed by atoms with Crippen molar-refractivity contribution in [2.75, 3.05) is 42.9 Å². The molecule has 0 aromatic heterocycles. The first-order chi connectivity index (χ1) is 17.3. The van der Waals surface area contributed by atoms with Crippen molar-refractivity contribution in [1.29, 1.82) is 0 Å². The molecule has 3 aromatic carbocycles. The Labute approximate surface area is 207 Å². The van der Waals surface area contributed by atoms with Crippen LogP contribution in [0.15, 0.2) is 83.9 Å². The number of rotatable bonds is 6. The third-order valence-electron chi connectivity index (χ3n) is 6.01. The van der Waals surface area contributed by atoms with Gasteiger partial charge in [-0.3, -0.25) is 4.99 Å². The lowest BCUT2D eigenvalue weighted by Gasteiger charge is -2.38. The number of alkyl halides is 3. The molecule has 188 valence electrons. The predicted molar refractivity (Wildman–Crippen MR) is 135 cm³/mol. The number of anilines is 2. The Bertz CT molecular complexity index is 1190. The number of nitrogens with one attached hydrogen (secondary N) is 1. The van der Waals surface area contributed by atoms with E-state index in [1.54, 1.807) is 18.2 Å². The largest absolute Gasteiger partial charge is 0.478 e. The molecule has 36 heavy (non-hydrogen) atoms. The molecule has 1 aliphatic heterocycles. The van der Waals surface area contributed by atoms with Crippen LogP contribution in [0.2, 0.25) is 0 Å². The maximum Gasteiger partial charge on any atom is 0.416 e. The molecule has 0 spiro atoms. The minimum Gasteiger partial charge on any atom is -0.478 e. The smallest absolute Gasteiger partial charge is 0.416 e. The number of aliphatic imine (C=N–C) groups is 1. The van der Waals surface area contributed by atoms with Gasteiger partial charge in [0.05, 0.1) is 11.1 Å². The Morgan fingerprint density at radius 2 is 1.61 bits per heavy atom. The summed E-state index contributed by atoms with van der Waals surface area (Å²) in [6.07, 6.45) is -3.62. The first-order valence-corrected chi connectivity index (χ1v) is 11.7. The molecule has 0 saturated carbocycles. The van der Waals surface area contributed by atoms with E-state index < -0.39 is 17.7 Å². The molecule has 0 amide bonds. The van der Waals surface area contributed by atoms with Crippen molar-refractivity contribution in [1.82, 2.24) is 4.90 Å². The summed E-state index contributed by atoms with van der Waals surface area (Å²) in [7, 11) is 0. The third kappa shape index (κ3) is 6.56. The molecular weight excluding hydrogens is 469 g/mol. The van der Waals surface area contributed by atoms with E-state index in [9.17, 15) is 18.0 Å². The molecule has 2 N–H and O–H groups in total. The van der Waals surface area contributed by atoms with Gasteiger partial charge in [0.25, 0.3) is 0 Å². The summed E-state index contributed by atoms with van der Waals surface area (Å²) in [5.41, 5.74) is 1.96. The number of carboxylic acid groups (broad SMARTS) is 1. The average Bonchev–Trinajstić information content (AvgIpc) is 2.89. The van der Waals surface area contributed by atoms with Crippen molar-refractivity contribution < 1.29 is 23.1 Å². The van der Waals surface area contributed by atoms with E-state index in [1.165, 1.54) is 29.8 Å². The average molecular weight is 497 g/mol. The minimum atomic E-state index is -4.38. The number of carbonyl (C=O) groups is 1. The van der Waals surface area contributed by atoms with Crippen molar-refractivity contribution in [3.63, 3.8) is 0 Å². The molecule has 0 atom stereocenters. The molecular formula is C27H27F3N4O2. The van der Waals surface area contributed by atoms with Crippen LogP contribution in [0.5, 0.6) is 0 Å². The van der Waals surface area contributed by atoms with Gasteiger partial charge in [-0.1, -0.05) is 36.4 Å². The first kappa shape index (κ1) is 25.1. The summed E-state index contributed by atoms with van der Waals surface area (Å²) in [4.78, 5) is 20.0. The van der Waals surface area contributed by atoms with Crippen LogP contribution in [-0.4, -0.2) is 54.7 Å². The van der Waals surface area contributed by atoms with Gasteiger partial charge in [-0.2, -0.15) is 13.2 Å². The van der Waals surface area contributed by atoms with Gasteiger partial charge < -0.3 is 20.2 Å². The van der Waals surface area contributed by atoms with Crippen molar-refractivity contribution in [3.8, 4) is 0 Å². The molecule has 3 aromatic rings. The summed E-state index contributed by atoms with van der Waals surface area (Å²) in [6, 6.07) is 21.8.